The van der Waals surface area contributed by atoms with E-state index in [2.05, 4.69) is 15.3 Å². The third-order valence-corrected chi connectivity index (χ3v) is 6.29. The SMILES string of the molecule is COc1cccc([C@@H]2N(C(=O)c3nc[nH]c3C)CC[C@]23C(=O)Nc2ccccc23)c1. The minimum absolute atomic E-state index is 0.0782. The number of aromatic amines is 1. The van der Waals surface area contributed by atoms with Crippen LogP contribution in [-0.2, 0) is 10.2 Å². The van der Waals surface area contributed by atoms with Crippen LogP contribution in [0.3, 0.4) is 0 Å². The van der Waals surface area contributed by atoms with E-state index in [0.29, 0.717) is 30.1 Å². The summed E-state index contributed by atoms with van der Waals surface area (Å²) in [5.41, 5.74) is 2.83. The van der Waals surface area contributed by atoms with Crippen LogP contribution in [0.1, 0.15) is 39.8 Å². The summed E-state index contributed by atoms with van der Waals surface area (Å²) >= 11 is 0. The number of ether oxygens (including phenoxy) is 1. The molecule has 1 saturated heterocycles. The molecule has 0 saturated carbocycles. The Morgan fingerprint density at radius 2 is 2.07 bits per heavy atom. The minimum Gasteiger partial charge on any atom is -0.497 e. The van der Waals surface area contributed by atoms with E-state index in [4.69, 9.17) is 4.74 Å². The Morgan fingerprint density at radius 1 is 1.23 bits per heavy atom. The Hall–Kier alpha value is -3.61. The molecule has 2 aliphatic rings. The van der Waals surface area contributed by atoms with E-state index in [9.17, 15) is 9.59 Å². The number of amides is 2. The first-order valence-electron chi connectivity index (χ1n) is 9.92. The number of rotatable bonds is 3. The molecule has 3 aromatic rings. The van der Waals surface area contributed by atoms with Gasteiger partial charge in [-0.25, -0.2) is 4.98 Å². The van der Waals surface area contributed by atoms with Gasteiger partial charge in [0, 0.05) is 17.9 Å². The van der Waals surface area contributed by atoms with Gasteiger partial charge in [0.05, 0.1) is 19.5 Å². The average molecular weight is 402 g/mol. The van der Waals surface area contributed by atoms with Crippen molar-refractivity contribution in [2.75, 3.05) is 19.0 Å². The second-order valence-corrected chi connectivity index (χ2v) is 7.77. The molecule has 1 fully saturated rings. The fourth-order valence-electron chi connectivity index (χ4n) is 4.89. The maximum absolute atomic E-state index is 13.5. The molecule has 1 spiro atoms. The van der Waals surface area contributed by atoms with Crippen LogP contribution in [0.15, 0.2) is 54.9 Å². The number of methoxy groups -OCH3 is 1. The van der Waals surface area contributed by atoms with Crippen LogP contribution in [0.2, 0.25) is 0 Å². The number of nitrogens with zero attached hydrogens (tertiary/aromatic N) is 2. The predicted molar refractivity (Wildman–Crippen MR) is 111 cm³/mol. The van der Waals surface area contributed by atoms with E-state index >= 15 is 0 Å². The van der Waals surface area contributed by atoms with Crippen molar-refractivity contribution in [1.29, 1.82) is 0 Å². The largest absolute Gasteiger partial charge is 0.497 e. The molecule has 30 heavy (non-hydrogen) atoms. The number of fused-ring (bicyclic) bond motifs is 2. The summed E-state index contributed by atoms with van der Waals surface area (Å²) in [6.07, 6.45) is 2.06. The summed E-state index contributed by atoms with van der Waals surface area (Å²) in [6, 6.07) is 14.9. The number of hydrogen-bond acceptors (Lipinski definition) is 4. The highest BCUT2D eigenvalue weighted by atomic mass is 16.5. The van der Waals surface area contributed by atoms with Crippen molar-refractivity contribution >= 4 is 17.5 Å². The number of carbonyl (C=O) groups is 2. The zero-order valence-electron chi connectivity index (χ0n) is 16.8. The molecule has 3 heterocycles. The lowest BCUT2D eigenvalue weighted by atomic mass is 9.72. The van der Waals surface area contributed by atoms with Gasteiger partial charge in [0.25, 0.3) is 5.91 Å². The van der Waals surface area contributed by atoms with Gasteiger partial charge in [0.15, 0.2) is 0 Å². The standard InChI is InChI=1S/C23H22N4O3/c1-14-19(25-13-24-14)21(28)27-11-10-23(17-8-3-4-9-18(17)26-22(23)29)20(27)15-6-5-7-16(12-15)30-2/h3-9,12-13,20H,10-11H2,1-2H3,(H,24,25)(H,26,29)/t20-,23+/m0/s1. The van der Waals surface area contributed by atoms with Crippen LogP contribution in [0, 0.1) is 6.92 Å². The highest BCUT2D eigenvalue weighted by Crippen LogP contribution is 2.55. The smallest absolute Gasteiger partial charge is 0.274 e. The van der Waals surface area contributed by atoms with Gasteiger partial charge in [-0.05, 0) is 42.7 Å². The van der Waals surface area contributed by atoms with Crippen LogP contribution < -0.4 is 10.1 Å². The van der Waals surface area contributed by atoms with Gasteiger partial charge < -0.3 is 19.9 Å². The van der Waals surface area contributed by atoms with Crippen LogP contribution >= 0.6 is 0 Å². The average Bonchev–Trinajstić information content (AvgIpc) is 3.45. The molecule has 7 nitrogen and oxygen atoms in total. The molecule has 0 bridgehead atoms. The summed E-state index contributed by atoms with van der Waals surface area (Å²) in [6.45, 7) is 2.28. The fourth-order valence-corrected chi connectivity index (χ4v) is 4.89. The lowest BCUT2D eigenvalue weighted by molar-refractivity contribution is -0.121. The zero-order valence-corrected chi connectivity index (χ0v) is 16.8. The van der Waals surface area contributed by atoms with Crippen LogP contribution in [-0.4, -0.2) is 40.3 Å². The van der Waals surface area contributed by atoms with Crippen LogP contribution in [0.5, 0.6) is 5.75 Å². The Bertz CT molecular complexity index is 1150. The van der Waals surface area contributed by atoms with E-state index < -0.39 is 11.5 Å². The first-order valence-corrected chi connectivity index (χ1v) is 9.92. The summed E-state index contributed by atoms with van der Waals surface area (Å²) in [5, 5.41) is 3.03. The molecule has 1 aromatic heterocycles. The number of likely N-dealkylation sites (tertiary alicyclic amines) is 1. The van der Waals surface area contributed by atoms with E-state index in [1.165, 1.54) is 6.33 Å². The van der Waals surface area contributed by atoms with Crippen molar-refractivity contribution < 1.29 is 14.3 Å². The Balaban J connectivity index is 1.70. The Labute approximate surface area is 174 Å². The summed E-state index contributed by atoms with van der Waals surface area (Å²) in [5.74, 6) is 0.422. The summed E-state index contributed by atoms with van der Waals surface area (Å²) in [7, 11) is 1.61. The number of hydrogen-bond donors (Lipinski definition) is 2. The Kier molecular flexibility index (Phi) is 4.13. The molecule has 5 rings (SSSR count). The van der Waals surface area contributed by atoms with E-state index in [-0.39, 0.29) is 11.8 Å². The lowest BCUT2D eigenvalue weighted by Gasteiger charge is -2.34. The van der Waals surface area contributed by atoms with Crippen LogP contribution in [0.4, 0.5) is 5.69 Å². The number of anilines is 1. The molecule has 2 aromatic carbocycles. The van der Waals surface area contributed by atoms with Crippen LogP contribution in [0.25, 0.3) is 0 Å². The second kappa shape index (κ2) is 6.73. The van der Waals surface area contributed by atoms with E-state index in [1.54, 1.807) is 12.0 Å². The highest BCUT2D eigenvalue weighted by molar-refractivity contribution is 6.08. The van der Waals surface area contributed by atoms with Gasteiger partial charge >= 0.3 is 0 Å². The molecule has 0 unspecified atom stereocenters. The minimum atomic E-state index is -0.858. The second-order valence-electron chi connectivity index (χ2n) is 7.77. The van der Waals surface area contributed by atoms with Crippen molar-refractivity contribution in [3.05, 3.63) is 77.4 Å². The van der Waals surface area contributed by atoms with Crippen molar-refractivity contribution in [2.45, 2.75) is 24.8 Å². The van der Waals surface area contributed by atoms with Gasteiger partial charge in [-0.1, -0.05) is 30.3 Å². The number of para-hydroxylation sites is 1. The van der Waals surface area contributed by atoms with E-state index in [0.717, 1.165) is 16.8 Å². The van der Waals surface area contributed by atoms with E-state index in [1.807, 2.05) is 55.5 Å². The van der Waals surface area contributed by atoms with Crippen molar-refractivity contribution in [3.8, 4) is 5.75 Å². The molecule has 2 aliphatic heterocycles. The summed E-state index contributed by atoms with van der Waals surface area (Å²) in [4.78, 5) is 35.9. The molecule has 2 amide bonds. The van der Waals surface area contributed by atoms with Gasteiger partial charge in [0.2, 0.25) is 5.91 Å². The van der Waals surface area contributed by atoms with Crippen molar-refractivity contribution in [3.63, 3.8) is 0 Å². The predicted octanol–water partition coefficient (Wildman–Crippen LogP) is 3.20. The maximum atomic E-state index is 13.5. The molecule has 2 N–H and O–H groups in total. The topological polar surface area (TPSA) is 87.3 Å². The maximum Gasteiger partial charge on any atom is 0.274 e. The zero-order chi connectivity index (χ0) is 20.9. The Morgan fingerprint density at radius 3 is 2.83 bits per heavy atom. The third kappa shape index (κ3) is 2.48. The molecule has 2 atom stereocenters. The molecule has 0 aliphatic carbocycles. The lowest BCUT2D eigenvalue weighted by Crippen LogP contribution is -2.42. The number of nitrogens with one attached hydrogen (secondary N) is 2. The number of H-pyrrole nitrogens is 1. The first-order chi connectivity index (χ1) is 14.6. The van der Waals surface area contributed by atoms with Gasteiger partial charge in [-0.3, -0.25) is 9.59 Å². The molecular formula is C23H22N4O3. The fraction of sp³-hybridized carbons (Fsp3) is 0.261. The van der Waals surface area contributed by atoms with Gasteiger partial charge in [-0.2, -0.15) is 0 Å². The van der Waals surface area contributed by atoms with Crippen molar-refractivity contribution in [1.82, 2.24) is 14.9 Å². The van der Waals surface area contributed by atoms with Gasteiger partial charge in [0.1, 0.15) is 16.9 Å². The first kappa shape index (κ1) is 18.4. The molecule has 152 valence electrons. The number of aryl methyl sites for hydroxylation is 1. The number of aromatic nitrogens is 2. The quantitative estimate of drug-likeness (QED) is 0.704. The molecular weight excluding hydrogens is 380 g/mol. The molecule has 7 heteroatoms. The van der Waals surface area contributed by atoms with Gasteiger partial charge in [-0.15, -0.1) is 0 Å². The normalized spacial score (nSPS) is 22.3. The third-order valence-electron chi connectivity index (χ3n) is 6.29. The van der Waals surface area contributed by atoms with Crippen molar-refractivity contribution in [2.24, 2.45) is 0 Å². The highest BCUT2D eigenvalue weighted by Gasteiger charge is 2.59. The number of benzene rings is 2. The summed E-state index contributed by atoms with van der Waals surface area (Å²) < 4.78 is 5.43. The number of carbonyl (C=O) groups excluding carboxylic acids is 2. The monoisotopic (exact) mass is 402 g/mol. The number of imidazole rings is 1. The molecule has 0 radical (unpaired) electrons.